The van der Waals surface area contributed by atoms with Gasteiger partial charge in [0.15, 0.2) is 17.3 Å². The Morgan fingerprint density at radius 2 is 2.00 bits per heavy atom. The van der Waals surface area contributed by atoms with Crippen LogP contribution in [0.25, 0.3) is 6.08 Å². The molecule has 0 aliphatic carbocycles. The highest BCUT2D eigenvalue weighted by Gasteiger charge is 2.17. The molecule has 0 spiro atoms. The second-order valence-corrected chi connectivity index (χ2v) is 5.89. The second kappa shape index (κ2) is 7.03. The summed E-state index contributed by atoms with van der Waals surface area (Å²) in [4.78, 5) is 24.0. The summed E-state index contributed by atoms with van der Waals surface area (Å²) in [6, 6.07) is 4.52. The van der Waals surface area contributed by atoms with Gasteiger partial charge in [-0.25, -0.2) is 4.79 Å². The SMILES string of the molecule is Cc1cc(O)c(C(=O)/C=C/c2cc(Cl)c3c(c2)OCCCO3)c(=O)o1. The maximum atomic E-state index is 12.2. The first-order valence-corrected chi connectivity index (χ1v) is 7.99. The molecule has 2 heterocycles. The number of carbonyl (C=O) groups excluding carboxylic acids is 1. The molecule has 130 valence electrons. The van der Waals surface area contributed by atoms with Gasteiger partial charge < -0.3 is 19.0 Å². The first-order chi connectivity index (χ1) is 12.0. The number of benzene rings is 1. The maximum Gasteiger partial charge on any atom is 0.351 e. The van der Waals surface area contributed by atoms with Crippen molar-refractivity contribution in [1.29, 1.82) is 0 Å². The van der Waals surface area contributed by atoms with Crippen molar-refractivity contribution in [3.63, 3.8) is 0 Å². The van der Waals surface area contributed by atoms with Crippen molar-refractivity contribution >= 4 is 23.5 Å². The zero-order valence-electron chi connectivity index (χ0n) is 13.4. The summed E-state index contributed by atoms with van der Waals surface area (Å²) in [5, 5.41) is 10.2. The molecule has 0 fully saturated rings. The van der Waals surface area contributed by atoms with Crippen LogP contribution in [0, 0.1) is 6.92 Å². The molecular formula is C18H15ClO6. The van der Waals surface area contributed by atoms with Crippen LogP contribution in [-0.4, -0.2) is 24.1 Å². The van der Waals surface area contributed by atoms with Crippen molar-refractivity contribution in [2.45, 2.75) is 13.3 Å². The first-order valence-electron chi connectivity index (χ1n) is 7.61. The van der Waals surface area contributed by atoms with E-state index >= 15 is 0 Å². The Hall–Kier alpha value is -2.73. The molecule has 0 atom stereocenters. The van der Waals surface area contributed by atoms with E-state index < -0.39 is 22.7 Å². The van der Waals surface area contributed by atoms with Crippen molar-refractivity contribution in [2.75, 3.05) is 13.2 Å². The minimum Gasteiger partial charge on any atom is -0.507 e. The van der Waals surface area contributed by atoms with Crippen LogP contribution in [0.5, 0.6) is 17.2 Å². The number of ether oxygens (including phenoxy) is 2. The quantitative estimate of drug-likeness (QED) is 0.665. The number of hydrogen-bond acceptors (Lipinski definition) is 6. The molecule has 25 heavy (non-hydrogen) atoms. The molecule has 1 aliphatic rings. The lowest BCUT2D eigenvalue weighted by Gasteiger charge is -2.09. The molecule has 1 aromatic heterocycles. The topological polar surface area (TPSA) is 86.0 Å². The molecule has 3 rings (SSSR count). The Labute approximate surface area is 148 Å². The summed E-state index contributed by atoms with van der Waals surface area (Å²) >= 11 is 6.19. The molecule has 0 saturated carbocycles. The van der Waals surface area contributed by atoms with Gasteiger partial charge in [-0.1, -0.05) is 17.7 Å². The van der Waals surface area contributed by atoms with Crippen LogP contribution in [0.2, 0.25) is 5.02 Å². The van der Waals surface area contributed by atoms with Gasteiger partial charge in [0, 0.05) is 12.5 Å². The van der Waals surface area contributed by atoms with Gasteiger partial charge in [0.05, 0.1) is 18.2 Å². The van der Waals surface area contributed by atoms with Gasteiger partial charge in [0.1, 0.15) is 17.1 Å². The molecule has 0 saturated heterocycles. The number of ketones is 1. The maximum absolute atomic E-state index is 12.2. The van der Waals surface area contributed by atoms with Gasteiger partial charge in [0.25, 0.3) is 0 Å². The lowest BCUT2D eigenvalue weighted by molar-refractivity contribution is 0.104. The van der Waals surface area contributed by atoms with Crippen LogP contribution in [0.15, 0.2) is 33.5 Å². The Kier molecular flexibility index (Phi) is 4.81. The average Bonchev–Trinajstić information content (AvgIpc) is 2.77. The van der Waals surface area contributed by atoms with Gasteiger partial charge in [-0.3, -0.25) is 4.79 Å². The Morgan fingerprint density at radius 3 is 2.76 bits per heavy atom. The number of rotatable bonds is 3. The summed E-state index contributed by atoms with van der Waals surface area (Å²) in [7, 11) is 0. The predicted molar refractivity (Wildman–Crippen MR) is 91.8 cm³/mol. The third-order valence-electron chi connectivity index (χ3n) is 3.55. The number of hydrogen-bond donors (Lipinski definition) is 1. The third kappa shape index (κ3) is 3.69. The average molecular weight is 363 g/mol. The van der Waals surface area contributed by atoms with Crippen LogP contribution in [0.4, 0.5) is 0 Å². The van der Waals surface area contributed by atoms with Crippen LogP contribution in [0.3, 0.4) is 0 Å². The Bertz CT molecular complexity index is 913. The molecule has 0 unspecified atom stereocenters. The molecule has 7 heteroatoms. The molecule has 1 aromatic carbocycles. The minimum atomic E-state index is -0.885. The fourth-order valence-corrected chi connectivity index (χ4v) is 2.70. The fourth-order valence-electron chi connectivity index (χ4n) is 2.42. The summed E-state index contributed by atoms with van der Waals surface area (Å²) in [5.41, 5.74) is -0.704. The predicted octanol–water partition coefficient (Wildman–Crippen LogP) is 3.36. The standard InChI is InChI=1S/C18H15ClO6/c1-10-7-14(21)16(18(22)25-10)13(20)4-3-11-8-12(19)17-15(9-11)23-5-2-6-24-17/h3-4,7-9,21H,2,5-6H2,1H3/b4-3+. The summed E-state index contributed by atoms with van der Waals surface area (Å²) in [5.74, 6) is 0.0987. The Balaban J connectivity index is 1.90. The van der Waals surface area contributed by atoms with E-state index in [1.807, 2.05) is 0 Å². The molecule has 0 radical (unpaired) electrons. The van der Waals surface area contributed by atoms with Crippen molar-refractivity contribution in [1.82, 2.24) is 0 Å². The van der Waals surface area contributed by atoms with E-state index in [9.17, 15) is 14.7 Å². The lowest BCUT2D eigenvalue weighted by Crippen LogP contribution is -2.12. The van der Waals surface area contributed by atoms with Gasteiger partial charge in [0.2, 0.25) is 0 Å². The van der Waals surface area contributed by atoms with E-state index in [1.165, 1.54) is 19.1 Å². The fraction of sp³-hybridized carbons (Fsp3) is 0.222. The van der Waals surface area contributed by atoms with E-state index in [4.69, 9.17) is 25.5 Å². The van der Waals surface area contributed by atoms with Crippen molar-refractivity contribution in [3.05, 3.63) is 56.6 Å². The van der Waals surface area contributed by atoms with Crippen LogP contribution in [-0.2, 0) is 0 Å². The van der Waals surface area contributed by atoms with Gasteiger partial charge in [-0.2, -0.15) is 0 Å². The van der Waals surface area contributed by atoms with Crippen molar-refractivity contribution < 1.29 is 23.8 Å². The Morgan fingerprint density at radius 1 is 1.24 bits per heavy atom. The molecule has 0 bridgehead atoms. The van der Waals surface area contributed by atoms with Crippen LogP contribution in [0.1, 0.15) is 28.1 Å². The molecule has 6 nitrogen and oxygen atoms in total. The van der Waals surface area contributed by atoms with Crippen LogP contribution < -0.4 is 15.1 Å². The highest BCUT2D eigenvalue weighted by atomic mass is 35.5. The van der Waals surface area contributed by atoms with E-state index in [2.05, 4.69) is 0 Å². The van der Waals surface area contributed by atoms with Crippen molar-refractivity contribution in [3.8, 4) is 17.2 Å². The lowest BCUT2D eigenvalue weighted by atomic mass is 10.1. The molecule has 0 amide bonds. The van der Waals surface area contributed by atoms with E-state index in [0.717, 1.165) is 12.5 Å². The number of aromatic hydroxyl groups is 1. The number of allylic oxidation sites excluding steroid dienone is 1. The van der Waals surface area contributed by atoms with E-state index in [-0.39, 0.29) is 5.76 Å². The number of aryl methyl sites for hydroxylation is 1. The minimum absolute atomic E-state index is 0.220. The zero-order chi connectivity index (χ0) is 18.0. The monoisotopic (exact) mass is 362 g/mol. The number of carbonyl (C=O) groups is 1. The summed E-state index contributed by atoms with van der Waals surface area (Å²) in [6.45, 7) is 2.53. The zero-order valence-corrected chi connectivity index (χ0v) is 14.1. The van der Waals surface area contributed by atoms with Gasteiger partial charge in [-0.05, 0) is 30.7 Å². The molecule has 2 aromatic rings. The number of halogens is 1. The van der Waals surface area contributed by atoms with Gasteiger partial charge >= 0.3 is 5.63 Å². The number of fused-ring (bicyclic) bond motifs is 1. The largest absolute Gasteiger partial charge is 0.507 e. The van der Waals surface area contributed by atoms with Crippen LogP contribution >= 0.6 is 11.6 Å². The highest BCUT2D eigenvalue weighted by molar-refractivity contribution is 6.32. The second-order valence-electron chi connectivity index (χ2n) is 5.48. The highest BCUT2D eigenvalue weighted by Crippen LogP contribution is 2.38. The van der Waals surface area contributed by atoms with E-state index in [1.54, 1.807) is 12.1 Å². The molecule has 1 aliphatic heterocycles. The van der Waals surface area contributed by atoms with E-state index in [0.29, 0.717) is 35.3 Å². The molecule has 1 N–H and O–H groups in total. The third-order valence-corrected chi connectivity index (χ3v) is 3.83. The molecular weight excluding hydrogens is 348 g/mol. The summed E-state index contributed by atoms with van der Waals surface area (Å²) < 4.78 is 16.0. The first kappa shape index (κ1) is 17.1. The van der Waals surface area contributed by atoms with Gasteiger partial charge in [-0.15, -0.1) is 0 Å². The smallest absolute Gasteiger partial charge is 0.351 e. The normalized spacial score (nSPS) is 13.7. The van der Waals surface area contributed by atoms with Crippen molar-refractivity contribution in [2.24, 2.45) is 0 Å². The summed E-state index contributed by atoms with van der Waals surface area (Å²) in [6.07, 6.45) is 3.38.